The molecule has 0 aromatic carbocycles. The zero-order valence-electron chi connectivity index (χ0n) is 11.7. The van der Waals surface area contributed by atoms with Crippen molar-refractivity contribution >= 4 is 0 Å². The van der Waals surface area contributed by atoms with E-state index in [1.165, 1.54) is 51.4 Å². The molecule has 0 N–H and O–H groups in total. The Bertz CT molecular complexity index is 273. The van der Waals surface area contributed by atoms with E-state index in [0.29, 0.717) is 17.5 Å². The largest absolute Gasteiger partial charge is 0.277 e. The molecule has 2 rings (SSSR count). The maximum atomic E-state index is 4.46. The summed E-state index contributed by atoms with van der Waals surface area (Å²) in [5, 5.41) is 10.8. The van der Waals surface area contributed by atoms with Crippen LogP contribution in [0.4, 0.5) is 0 Å². The molecule has 2 atom stereocenters. The minimum Gasteiger partial charge on any atom is -0.277 e. The molecule has 0 aromatic heterocycles. The van der Waals surface area contributed by atoms with Crippen molar-refractivity contribution in [3.63, 3.8) is 0 Å². The van der Waals surface area contributed by atoms with Gasteiger partial charge in [0.1, 0.15) is 0 Å². The summed E-state index contributed by atoms with van der Waals surface area (Å²) in [4.78, 5) is 0. The van der Waals surface area contributed by atoms with Crippen molar-refractivity contribution in [2.75, 3.05) is 7.05 Å². The Morgan fingerprint density at radius 3 is 2.59 bits per heavy atom. The van der Waals surface area contributed by atoms with Crippen LogP contribution in [0.3, 0.4) is 0 Å². The molecule has 1 heterocycles. The van der Waals surface area contributed by atoms with E-state index in [4.69, 9.17) is 0 Å². The first-order valence-electron chi connectivity index (χ1n) is 7.22. The highest BCUT2D eigenvalue weighted by Crippen LogP contribution is 2.36. The lowest BCUT2D eigenvalue weighted by Crippen LogP contribution is -2.36. The Balaban J connectivity index is 2.04. The topological polar surface area (TPSA) is 28.0 Å². The second kappa shape index (κ2) is 5.36. The summed E-state index contributed by atoms with van der Waals surface area (Å²) in [6.07, 6.45) is 10.7. The van der Waals surface area contributed by atoms with E-state index in [1.807, 2.05) is 0 Å². The molecule has 17 heavy (non-hydrogen) atoms. The molecule has 3 heteroatoms. The van der Waals surface area contributed by atoms with Crippen molar-refractivity contribution in [2.45, 2.75) is 77.3 Å². The Kier molecular flexibility index (Phi) is 4.05. The fraction of sp³-hybridized carbons (Fsp3) is 1.00. The van der Waals surface area contributed by atoms with E-state index in [9.17, 15) is 0 Å². The number of fused-ring (bicyclic) bond motifs is 1. The third-order valence-electron chi connectivity index (χ3n) is 4.38. The van der Waals surface area contributed by atoms with E-state index >= 15 is 0 Å². The number of hydrogen-bond donors (Lipinski definition) is 0. The van der Waals surface area contributed by atoms with Gasteiger partial charge < -0.3 is 0 Å². The van der Waals surface area contributed by atoms with E-state index in [0.717, 1.165) is 0 Å². The summed E-state index contributed by atoms with van der Waals surface area (Å²) in [6.45, 7) is 4.82. The highest BCUT2D eigenvalue weighted by Gasteiger charge is 2.34. The first-order valence-corrected chi connectivity index (χ1v) is 7.22. The number of hydrogen-bond acceptors (Lipinski definition) is 3. The summed E-state index contributed by atoms with van der Waals surface area (Å²) in [5.41, 5.74) is 0.441. The predicted octanol–water partition coefficient (Wildman–Crippen LogP) is 4.20. The summed E-state index contributed by atoms with van der Waals surface area (Å²) in [6, 6.07) is 1.00. The lowest BCUT2D eigenvalue weighted by Gasteiger charge is -2.32. The molecule has 1 aliphatic carbocycles. The van der Waals surface area contributed by atoms with Crippen LogP contribution in [0.15, 0.2) is 10.3 Å². The van der Waals surface area contributed by atoms with E-state index in [2.05, 4.69) is 36.2 Å². The van der Waals surface area contributed by atoms with Gasteiger partial charge in [0.25, 0.3) is 0 Å². The molecule has 0 spiro atoms. The SMILES string of the molecule is CN1N=NC2CCCCCCCC(C)(C)CC21. The van der Waals surface area contributed by atoms with Gasteiger partial charge in [0.2, 0.25) is 0 Å². The van der Waals surface area contributed by atoms with Crippen molar-refractivity contribution in [1.82, 2.24) is 5.01 Å². The quantitative estimate of drug-likeness (QED) is 0.620. The van der Waals surface area contributed by atoms with Gasteiger partial charge in [0.15, 0.2) is 0 Å². The van der Waals surface area contributed by atoms with Crippen LogP contribution in [0, 0.1) is 5.41 Å². The highest BCUT2D eigenvalue weighted by molar-refractivity contribution is 4.89. The van der Waals surface area contributed by atoms with Crippen LogP contribution < -0.4 is 0 Å². The van der Waals surface area contributed by atoms with E-state index in [1.54, 1.807) is 0 Å². The molecule has 0 aromatic rings. The van der Waals surface area contributed by atoms with Crippen LogP contribution in [-0.4, -0.2) is 24.1 Å². The van der Waals surface area contributed by atoms with Gasteiger partial charge in [-0.2, -0.15) is 5.11 Å². The monoisotopic (exact) mass is 237 g/mol. The molecule has 1 aliphatic heterocycles. The van der Waals surface area contributed by atoms with Crippen LogP contribution in [-0.2, 0) is 0 Å². The predicted molar refractivity (Wildman–Crippen MR) is 70.9 cm³/mol. The highest BCUT2D eigenvalue weighted by atomic mass is 15.6. The molecule has 0 amide bonds. The summed E-state index contributed by atoms with van der Waals surface area (Å²) < 4.78 is 0. The molecular formula is C14H27N3. The van der Waals surface area contributed by atoms with Gasteiger partial charge in [-0.25, -0.2) is 0 Å². The summed E-state index contributed by atoms with van der Waals surface area (Å²) in [5.74, 6) is 0. The van der Waals surface area contributed by atoms with Crippen molar-refractivity contribution in [3.8, 4) is 0 Å². The third kappa shape index (κ3) is 3.43. The van der Waals surface area contributed by atoms with Gasteiger partial charge >= 0.3 is 0 Å². The Morgan fingerprint density at radius 1 is 1.06 bits per heavy atom. The molecule has 0 radical (unpaired) electrons. The molecule has 2 aliphatic rings. The van der Waals surface area contributed by atoms with Gasteiger partial charge in [-0.1, -0.05) is 51.2 Å². The average Bonchev–Trinajstić information content (AvgIpc) is 2.58. The maximum absolute atomic E-state index is 4.46. The second-order valence-electron chi connectivity index (χ2n) is 6.59. The summed E-state index contributed by atoms with van der Waals surface area (Å²) in [7, 11) is 2.09. The lowest BCUT2D eigenvalue weighted by atomic mass is 9.79. The molecule has 1 fully saturated rings. The molecule has 1 saturated carbocycles. The third-order valence-corrected chi connectivity index (χ3v) is 4.38. The van der Waals surface area contributed by atoms with Crippen LogP contribution in [0.2, 0.25) is 0 Å². The van der Waals surface area contributed by atoms with Gasteiger partial charge in [-0.15, -0.1) is 0 Å². The van der Waals surface area contributed by atoms with Crippen molar-refractivity contribution in [1.29, 1.82) is 0 Å². The van der Waals surface area contributed by atoms with Crippen molar-refractivity contribution in [2.24, 2.45) is 15.8 Å². The van der Waals surface area contributed by atoms with Gasteiger partial charge in [0, 0.05) is 7.05 Å². The Morgan fingerprint density at radius 2 is 1.76 bits per heavy atom. The molecule has 98 valence electrons. The number of nitrogens with zero attached hydrogens (tertiary/aromatic N) is 3. The Hall–Kier alpha value is -0.600. The maximum Gasteiger partial charge on any atom is 0.0949 e. The smallest absolute Gasteiger partial charge is 0.0949 e. The van der Waals surface area contributed by atoms with E-state index < -0.39 is 0 Å². The number of rotatable bonds is 0. The molecular weight excluding hydrogens is 210 g/mol. The molecule has 3 nitrogen and oxygen atoms in total. The average molecular weight is 237 g/mol. The van der Waals surface area contributed by atoms with Gasteiger partial charge in [0.05, 0.1) is 12.1 Å². The minimum absolute atomic E-state index is 0.441. The Labute approximate surface area is 106 Å². The van der Waals surface area contributed by atoms with Crippen molar-refractivity contribution < 1.29 is 0 Å². The molecule has 2 unspecified atom stereocenters. The first kappa shape index (κ1) is 12.8. The van der Waals surface area contributed by atoms with Crippen LogP contribution >= 0.6 is 0 Å². The lowest BCUT2D eigenvalue weighted by molar-refractivity contribution is 0.170. The van der Waals surface area contributed by atoms with Gasteiger partial charge in [-0.3, -0.25) is 5.01 Å². The van der Waals surface area contributed by atoms with Crippen molar-refractivity contribution in [3.05, 3.63) is 0 Å². The normalized spacial score (nSPS) is 34.2. The summed E-state index contributed by atoms with van der Waals surface area (Å²) >= 11 is 0. The minimum atomic E-state index is 0.441. The van der Waals surface area contributed by atoms with Crippen LogP contribution in [0.5, 0.6) is 0 Å². The first-order chi connectivity index (χ1) is 8.08. The zero-order chi connectivity index (χ0) is 12.3. The second-order valence-corrected chi connectivity index (χ2v) is 6.59. The molecule has 0 saturated heterocycles. The fourth-order valence-electron chi connectivity index (χ4n) is 3.21. The fourth-order valence-corrected chi connectivity index (χ4v) is 3.21. The van der Waals surface area contributed by atoms with Crippen LogP contribution in [0.1, 0.15) is 65.2 Å². The standard InChI is InChI=1S/C14H27N3/c1-14(2)10-8-6-4-5-7-9-12-13(11-14)17(3)16-15-12/h12-13H,4-11H2,1-3H3. The van der Waals surface area contributed by atoms with Gasteiger partial charge in [-0.05, 0) is 24.7 Å². The van der Waals surface area contributed by atoms with Crippen LogP contribution in [0.25, 0.3) is 0 Å². The van der Waals surface area contributed by atoms with E-state index in [-0.39, 0.29) is 0 Å². The number of likely N-dealkylation sites (N-methyl/N-ethyl adjacent to an activating group) is 1. The zero-order valence-corrected chi connectivity index (χ0v) is 11.7. The molecule has 0 bridgehead atoms.